The van der Waals surface area contributed by atoms with E-state index >= 15 is 0 Å². The second-order valence-electron chi connectivity index (χ2n) is 13.3. The highest BCUT2D eigenvalue weighted by molar-refractivity contribution is 7.99. The molecule has 3 nitrogen and oxygen atoms in total. The lowest BCUT2D eigenvalue weighted by Gasteiger charge is -2.45. The van der Waals surface area contributed by atoms with Crippen LogP contribution in [0.3, 0.4) is 0 Å². The third-order valence-electron chi connectivity index (χ3n) is 10.7. The molecule has 0 N–H and O–H groups in total. The van der Waals surface area contributed by atoms with Gasteiger partial charge in [-0.15, -0.1) is 0 Å². The zero-order chi connectivity index (χ0) is 33.5. The van der Waals surface area contributed by atoms with E-state index in [1.54, 1.807) is 0 Å². The zero-order valence-corrected chi connectivity index (χ0v) is 28.3. The highest BCUT2D eigenvalue weighted by atomic mass is 32.2. The van der Waals surface area contributed by atoms with Gasteiger partial charge in [0.2, 0.25) is 0 Å². The molecule has 2 aliphatic rings. The zero-order valence-electron chi connectivity index (χ0n) is 27.5. The molecule has 2 aliphatic heterocycles. The van der Waals surface area contributed by atoms with Crippen molar-refractivity contribution in [1.29, 1.82) is 0 Å². The van der Waals surface area contributed by atoms with Crippen LogP contribution in [-0.2, 0) is 5.41 Å². The maximum atomic E-state index is 5.19. The Morgan fingerprint density at radius 3 is 1.82 bits per heavy atom. The van der Waals surface area contributed by atoms with Gasteiger partial charge in [-0.25, -0.2) is 9.97 Å². The Hall–Kier alpha value is -6.23. The smallest absolute Gasteiger partial charge is 0.160 e. The highest BCUT2D eigenvalue weighted by Gasteiger charge is 2.49. The maximum absolute atomic E-state index is 5.19. The van der Waals surface area contributed by atoms with Crippen molar-refractivity contribution in [1.82, 2.24) is 14.5 Å². The van der Waals surface area contributed by atoms with Crippen LogP contribution in [0, 0.1) is 0 Å². The summed E-state index contributed by atoms with van der Waals surface area (Å²) in [7, 11) is 0. The molecule has 0 fully saturated rings. The van der Waals surface area contributed by atoms with Gasteiger partial charge < -0.3 is 4.57 Å². The molecule has 0 bridgehead atoms. The standard InChI is InChI=1S/C47H29N3S/c1-3-14-30(15-4-1)39-29-40(31-16-5-2-6-17-31)49-46(48-39)32-26-27-37-44(28-32)51-43-25-12-9-21-36(43)47(37)35-20-8-11-24-42(35)50-41-23-10-7-18-33(41)34-19-13-22-38(47)45(34)50/h1-29H. The average Bonchev–Trinajstić information content (AvgIpc) is 3.55. The summed E-state index contributed by atoms with van der Waals surface area (Å²) < 4.78 is 2.49. The Bertz CT molecular complexity index is 2780. The number of aromatic nitrogens is 3. The molecule has 11 rings (SSSR count). The fraction of sp³-hybridized carbons (Fsp3) is 0.0213. The Morgan fingerprint density at radius 1 is 0.431 bits per heavy atom. The lowest BCUT2D eigenvalue weighted by atomic mass is 9.62. The number of fused-ring (bicyclic) bond motifs is 11. The molecule has 0 radical (unpaired) electrons. The van der Waals surface area contributed by atoms with E-state index in [1.165, 1.54) is 59.5 Å². The van der Waals surface area contributed by atoms with E-state index < -0.39 is 5.41 Å². The summed E-state index contributed by atoms with van der Waals surface area (Å²) in [5.74, 6) is 0.720. The predicted octanol–water partition coefficient (Wildman–Crippen LogP) is 11.7. The van der Waals surface area contributed by atoms with Crippen molar-refractivity contribution < 1.29 is 0 Å². The molecular weight excluding hydrogens is 639 g/mol. The molecule has 0 saturated heterocycles. The molecule has 4 heterocycles. The summed E-state index contributed by atoms with van der Waals surface area (Å²) >= 11 is 1.85. The van der Waals surface area contributed by atoms with Crippen LogP contribution in [0.4, 0.5) is 0 Å². The molecule has 1 spiro atoms. The van der Waals surface area contributed by atoms with E-state index in [9.17, 15) is 0 Å². The van der Waals surface area contributed by atoms with Crippen LogP contribution in [0.5, 0.6) is 0 Å². The normalized spacial score (nSPS) is 15.5. The first kappa shape index (κ1) is 28.6. The molecular formula is C47H29N3S. The summed E-state index contributed by atoms with van der Waals surface area (Å²) in [4.78, 5) is 12.9. The van der Waals surface area contributed by atoms with Crippen LogP contribution in [0.15, 0.2) is 186 Å². The molecule has 238 valence electrons. The van der Waals surface area contributed by atoms with Gasteiger partial charge in [-0.2, -0.15) is 0 Å². The third-order valence-corrected chi connectivity index (χ3v) is 11.8. The average molecular weight is 668 g/mol. The summed E-state index contributed by atoms with van der Waals surface area (Å²) in [6, 6.07) is 63.5. The Labute approximate surface area is 299 Å². The first-order valence-corrected chi connectivity index (χ1v) is 18.2. The van der Waals surface area contributed by atoms with Gasteiger partial charge in [-0.3, -0.25) is 0 Å². The van der Waals surface area contributed by atoms with E-state index in [0.29, 0.717) is 0 Å². The van der Waals surface area contributed by atoms with Gasteiger partial charge in [-0.1, -0.05) is 157 Å². The Morgan fingerprint density at radius 2 is 1.04 bits per heavy atom. The molecule has 4 heteroatoms. The van der Waals surface area contributed by atoms with Crippen molar-refractivity contribution in [2.45, 2.75) is 15.2 Å². The number of nitrogens with zero attached hydrogens (tertiary/aromatic N) is 3. The summed E-state index contributed by atoms with van der Waals surface area (Å²) in [5, 5.41) is 2.56. The lowest BCUT2D eigenvalue weighted by molar-refractivity contribution is 0.689. The topological polar surface area (TPSA) is 30.7 Å². The van der Waals surface area contributed by atoms with Crippen molar-refractivity contribution in [3.8, 4) is 39.6 Å². The monoisotopic (exact) mass is 667 g/mol. The minimum Gasteiger partial charge on any atom is -0.309 e. The van der Waals surface area contributed by atoms with E-state index in [4.69, 9.17) is 9.97 Å². The van der Waals surface area contributed by atoms with Crippen LogP contribution >= 0.6 is 11.8 Å². The molecule has 2 aromatic heterocycles. The number of para-hydroxylation sites is 3. The second kappa shape index (κ2) is 10.9. The molecule has 0 amide bonds. The molecule has 1 unspecified atom stereocenters. The minimum atomic E-state index is -0.516. The number of hydrogen-bond acceptors (Lipinski definition) is 3. The van der Waals surface area contributed by atoms with Crippen molar-refractivity contribution in [2.24, 2.45) is 0 Å². The fourth-order valence-corrected chi connectivity index (χ4v) is 9.79. The van der Waals surface area contributed by atoms with Gasteiger partial charge in [0.05, 0.1) is 33.5 Å². The molecule has 1 atom stereocenters. The molecule has 0 aliphatic carbocycles. The maximum Gasteiger partial charge on any atom is 0.160 e. The minimum absolute atomic E-state index is 0.516. The second-order valence-corrected chi connectivity index (χ2v) is 14.4. The van der Waals surface area contributed by atoms with Crippen molar-refractivity contribution in [3.05, 3.63) is 198 Å². The summed E-state index contributed by atoms with van der Waals surface area (Å²) in [5.41, 5.74) is 13.4. The number of rotatable bonds is 3. The lowest BCUT2D eigenvalue weighted by Crippen LogP contribution is -2.37. The van der Waals surface area contributed by atoms with Gasteiger partial charge in [0.15, 0.2) is 5.82 Å². The van der Waals surface area contributed by atoms with Crippen LogP contribution in [0.1, 0.15) is 22.3 Å². The largest absolute Gasteiger partial charge is 0.309 e. The molecule has 9 aromatic rings. The van der Waals surface area contributed by atoms with Crippen LogP contribution in [-0.4, -0.2) is 14.5 Å². The Kier molecular flexibility index (Phi) is 6.10. The third kappa shape index (κ3) is 4.02. The molecule has 0 saturated carbocycles. The highest BCUT2D eigenvalue weighted by Crippen LogP contribution is 2.60. The van der Waals surface area contributed by atoms with Gasteiger partial charge in [-0.05, 0) is 52.6 Å². The van der Waals surface area contributed by atoms with Crippen LogP contribution in [0.25, 0.3) is 61.4 Å². The first-order chi connectivity index (χ1) is 25.3. The quantitative estimate of drug-likeness (QED) is 0.188. The van der Waals surface area contributed by atoms with E-state index in [-0.39, 0.29) is 0 Å². The molecule has 7 aromatic carbocycles. The first-order valence-electron chi connectivity index (χ1n) is 17.3. The van der Waals surface area contributed by atoms with E-state index in [0.717, 1.165) is 33.9 Å². The Balaban J connectivity index is 1.20. The van der Waals surface area contributed by atoms with Gasteiger partial charge in [0.25, 0.3) is 0 Å². The van der Waals surface area contributed by atoms with E-state index in [2.05, 4.69) is 168 Å². The predicted molar refractivity (Wildman–Crippen MR) is 209 cm³/mol. The van der Waals surface area contributed by atoms with Crippen LogP contribution < -0.4 is 0 Å². The van der Waals surface area contributed by atoms with Crippen molar-refractivity contribution >= 4 is 33.6 Å². The van der Waals surface area contributed by atoms with Gasteiger partial charge >= 0.3 is 0 Å². The van der Waals surface area contributed by atoms with Crippen molar-refractivity contribution in [2.75, 3.05) is 0 Å². The number of hydrogen-bond donors (Lipinski definition) is 0. The summed E-state index contributed by atoms with van der Waals surface area (Å²) in [6.07, 6.45) is 0. The van der Waals surface area contributed by atoms with Crippen molar-refractivity contribution in [3.63, 3.8) is 0 Å². The van der Waals surface area contributed by atoms with Crippen LogP contribution in [0.2, 0.25) is 0 Å². The molecule has 51 heavy (non-hydrogen) atoms. The van der Waals surface area contributed by atoms with E-state index in [1.807, 2.05) is 23.9 Å². The van der Waals surface area contributed by atoms with Gasteiger partial charge in [0, 0.05) is 37.3 Å². The van der Waals surface area contributed by atoms with Gasteiger partial charge in [0.1, 0.15) is 0 Å². The fourth-order valence-electron chi connectivity index (χ4n) is 8.56. The summed E-state index contributed by atoms with van der Waals surface area (Å²) in [6.45, 7) is 0. The SMILES string of the molecule is c1ccc(-c2cc(-c3ccccc3)nc(-c3ccc4c(c3)Sc3ccccc3C43c4ccccc4-n4c5ccccc5c5cccc3c54)n2)cc1. The number of benzene rings is 7.